The number of piperidine rings is 1. The van der Waals surface area contributed by atoms with E-state index in [1.165, 1.54) is 4.68 Å². The molecule has 1 aliphatic rings. The Kier molecular flexibility index (Phi) is 4.38. The smallest absolute Gasteiger partial charge is 0.276 e. The first-order valence-electron chi connectivity index (χ1n) is 8.97. The lowest BCUT2D eigenvalue weighted by Crippen LogP contribution is -2.32. The maximum Gasteiger partial charge on any atom is 0.276 e. The fourth-order valence-corrected chi connectivity index (χ4v) is 3.64. The number of carbonyl (C=O) groups is 1. The molecule has 8 nitrogen and oxygen atoms in total. The van der Waals surface area contributed by atoms with Crippen LogP contribution < -0.4 is 5.32 Å². The van der Waals surface area contributed by atoms with Gasteiger partial charge in [-0.1, -0.05) is 0 Å². The van der Waals surface area contributed by atoms with Crippen molar-refractivity contribution in [3.05, 3.63) is 41.7 Å². The van der Waals surface area contributed by atoms with Crippen molar-refractivity contribution in [2.75, 3.05) is 25.5 Å². The van der Waals surface area contributed by atoms with Gasteiger partial charge in [0.05, 0.1) is 22.7 Å². The van der Waals surface area contributed by atoms with Crippen molar-refractivity contribution < 1.29 is 4.79 Å². The minimum absolute atomic E-state index is 0.224. The summed E-state index contributed by atoms with van der Waals surface area (Å²) in [6.45, 7) is 1.97. The molecule has 3 heterocycles. The molecule has 4 rings (SSSR count). The molecular formula is C19H21N7O. The van der Waals surface area contributed by atoms with Gasteiger partial charge in [0.1, 0.15) is 5.69 Å². The molecule has 2 aromatic heterocycles. The predicted molar refractivity (Wildman–Crippen MR) is 101 cm³/mol. The Bertz CT molecular complexity index is 1030. The summed E-state index contributed by atoms with van der Waals surface area (Å²) in [4.78, 5) is 19.6. The van der Waals surface area contributed by atoms with Crippen LogP contribution in [0.25, 0.3) is 11.0 Å². The molecule has 1 saturated heterocycles. The van der Waals surface area contributed by atoms with Crippen molar-refractivity contribution in [2.24, 2.45) is 7.05 Å². The lowest BCUT2D eigenvalue weighted by Gasteiger charge is -2.31. The van der Waals surface area contributed by atoms with E-state index in [0.717, 1.165) is 37.0 Å². The number of hydrogen-bond acceptors (Lipinski definition) is 5. The van der Waals surface area contributed by atoms with Crippen LogP contribution in [0, 0.1) is 11.3 Å². The number of rotatable bonds is 3. The molecule has 1 N–H and O–H groups in total. The average molecular weight is 363 g/mol. The standard InChI is InChI=1S/C19H21N7O/c1-24-9-6-14(7-10-24)26-17-11-13(12-20)3-4-15(17)22-19(26)23-18(27)16-5-8-21-25(16)2/h3-5,8,11,14H,6-7,9-10H2,1-2H3,(H,22,23,27). The molecule has 0 radical (unpaired) electrons. The first-order valence-corrected chi connectivity index (χ1v) is 8.97. The Morgan fingerprint density at radius 1 is 1.26 bits per heavy atom. The highest BCUT2D eigenvalue weighted by atomic mass is 16.2. The molecule has 0 unspecified atom stereocenters. The zero-order chi connectivity index (χ0) is 19.0. The maximum atomic E-state index is 12.7. The van der Waals surface area contributed by atoms with E-state index < -0.39 is 0 Å². The summed E-state index contributed by atoms with van der Waals surface area (Å²) in [6.07, 6.45) is 3.52. The van der Waals surface area contributed by atoms with Gasteiger partial charge < -0.3 is 9.47 Å². The normalized spacial score (nSPS) is 15.7. The Morgan fingerprint density at radius 2 is 2.04 bits per heavy atom. The van der Waals surface area contributed by atoms with Crippen LogP contribution in [-0.4, -0.2) is 50.3 Å². The van der Waals surface area contributed by atoms with Gasteiger partial charge in [-0.2, -0.15) is 10.4 Å². The SMILES string of the molecule is CN1CCC(n2c(NC(=O)c3ccnn3C)nc3ccc(C#N)cc32)CC1. The molecule has 8 heteroatoms. The minimum Gasteiger partial charge on any atom is -0.307 e. The second-order valence-corrected chi connectivity index (χ2v) is 6.95. The van der Waals surface area contributed by atoms with Crippen molar-refractivity contribution in [2.45, 2.75) is 18.9 Å². The number of nitriles is 1. The topological polar surface area (TPSA) is 91.8 Å². The zero-order valence-corrected chi connectivity index (χ0v) is 15.4. The van der Waals surface area contributed by atoms with Gasteiger partial charge in [0.15, 0.2) is 0 Å². The van der Waals surface area contributed by atoms with Crippen LogP contribution in [0.5, 0.6) is 0 Å². The number of anilines is 1. The second-order valence-electron chi connectivity index (χ2n) is 6.95. The van der Waals surface area contributed by atoms with Gasteiger partial charge in [-0.15, -0.1) is 0 Å². The number of carbonyl (C=O) groups excluding carboxylic acids is 1. The van der Waals surface area contributed by atoms with Gasteiger partial charge >= 0.3 is 0 Å². The van der Waals surface area contributed by atoms with Crippen LogP contribution in [0.15, 0.2) is 30.5 Å². The number of nitrogens with zero attached hydrogens (tertiary/aromatic N) is 6. The Balaban J connectivity index is 1.77. The molecule has 0 aliphatic carbocycles. The molecule has 3 aromatic rings. The molecule has 0 bridgehead atoms. The Hall–Kier alpha value is -3.18. The lowest BCUT2D eigenvalue weighted by atomic mass is 10.0. The van der Waals surface area contributed by atoms with Crippen LogP contribution in [0.2, 0.25) is 0 Å². The average Bonchev–Trinajstić information content (AvgIpc) is 3.25. The van der Waals surface area contributed by atoms with Crippen molar-refractivity contribution in [1.82, 2.24) is 24.2 Å². The Morgan fingerprint density at radius 3 is 2.70 bits per heavy atom. The van der Waals surface area contributed by atoms with E-state index in [1.54, 1.807) is 25.4 Å². The zero-order valence-electron chi connectivity index (χ0n) is 15.4. The number of amides is 1. The summed E-state index contributed by atoms with van der Waals surface area (Å²) in [7, 11) is 3.84. The van der Waals surface area contributed by atoms with E-state index in [2.05, 4.69) is 38.0 Å². The van der Waals surface area contributed by atoms with E-state index in [4.69, 9.17) is 0 Å². The van der Waals surface area contributed by atoms with Crippen LogP contribution in [0.1, 0.15) is 34.9 Å². The van der Waals surface area contributed by atoms with Crippen LogP contribution in [0.3, 0.4) is 0 Å². The van der Waals surface area contributed by atoms with Gasteiger partial charge in [-0.3, -0.25) is 14.8 Å². The molecule has 1 fully saturated rings. The van der Waals surface area contributed by atoms with E-state index >= 15 is 0 Å². The van der Waals surface area contributed by atoms with Gasteiger partial charge in [0.2, 0.25) is 5.95 Å². The fourth-order valence-electron chi connectivity index (χ4n) is 3.64. The highest BCUT2D eigenvalue weighted by Gasteiger charge is 2.25. The van der Waals surface area contributed by atoms with Gasteiger partial charge in [-0.25, -0.2) is 4.98 Å². The number of likely N-dealkylation sites (tertiary alicyclic amines) is 1. The first kappa shape index (κ1) is 17.2. The monoisotopic (exact) mass is 363 g/mol. The highest BCUT2D eigenvalue weighted by molar-refractivity contribution is 6.03. The largest absolute Gasteiger partial charge is 0.307 e. The highest BCUT2D eigenvalue weighted by Crippen LogP contribution is 2.31. The summed E-state index contributed by atoms with van der Waals surface area (Å²) in [5, 5.41) is 16.3. The second kappa shape index (κ2) is 6.85. The van der Waals surface area contributed by atoms with Gasteiger partial charge in [0.25, 0.3) is 5.91 Å². The molecule has 0 saturated carbocycles. The predicted octanol–water partition coefficient (Wildman–Crippen LogP) is 2.16. The van der Waals surface area contributed by atoms with Crippen molar-refractivity contribution in [3.8, 4) is 6.07 Å². The number of imidazole rings is 1. The molecule has 1 amide bonds. The van der Waals surface area contributed by atoms with Gasteiger partial charge in [-0.05, 0) is 57.2 Å². The lowest BCUT2D eigenvalue weighted by molar-refractivity contribution is 0.101. The Labute approximate surface area is 157 Å². The molecule has 1 aliphatic heterocycles. The third kappa shape index (κ3) is 3.17. The molecule has 0 spiro atoms. The summed E-state index contributed by atoms with van der Waals surface area (Å²) < 4.78 is 3.61. The number of nitrogens with one attached hydrogen (secondary N) is 1. The van der Waals surface area contributed by atoms with E-state index in [9.17, 15) is 10.1 Å². The fraction of sp³-hybridized carbons (Fsp3) is 0.368. The van der Waals surface area contributed by atoms with E-state index in [-0.39, 0.29) is 11.9 Å². The molecular weight excluding hydrogens is 342 g/mol. The number of fused-ring (bicyclic) bond motifs is 1. The minimum atomic E-state index is -0.250. The van der Waals surface area contributed by atoms with Crippen LogP contribution in [-0.2, 0) is 7.05 Å². The van der Waals surface area contributed by atoms with Crippen molar-refractivity contribution in [1.29, 1.82) is 5.26 Å². The first-order chi connectivity index (χ1) is 13.1. The summed E-state index contributed by atoms with van der Waals surface area (Å²) in [5.74, 6) is 0.265. The molecule has 1 aromatic carbocycles. The summed E-state index contributed by atoms with van der Waals surface area (Å²) in [6, 6.07) is 9.52. The maximum absolute atomic E-state index is 12.7. The van der Waals surface area contributed by atoms with Crippen LogP contribution in [0.4, 0.5) is 5.95 Å². The number of hydrogen-bond donors (Lipinski definition) is 1. The summed E-state index contributed by atoms with van der Waals surface area (Å²) in [5.41, 5.74) is 2.70. The number of benzene rings is 1. The van der Waals surface area contributed by atoms with E-state index in [1.807, 2.05) is 12.1 Å². The molecule has 27 heavy (non-hydrogen) atoms. The van der Waals surface area contributed by atoms with Crippen molar-refractivity contribution in [3.63, 3.8) is 0 Å². The van der Waals surface area contributed by atoms with Gasteiger partial charge in [0, 0.05) is 19.3 Å². The third-order valence-corrected chi connectivity index (χ3v) is 5.15. The quantitative estimate of drug-likeness (QED) is 0.770. The van der Waals surface area contributed by atoms with Crippen LogP contribution >= 0.6 is 0 Å². The van der Waals surface area contributed by atoms with E-state index in [0.29, 0.717) is 17.2 Å². The number of aromatic nitrogens is 4. The summed E-state index contributed by atoms with van der Waals surface area (Å²) >= 11 is 0. The molecule has 0 atom stereocenters. The number of aryl methyl sites for hydroxylation is 1. The molecule has 138 valence electrons. The third-order valence-electron chi connectivity index (χ3n) is 5.15. The van der Waals surface area contributed by atoms with Crippen molar-refractivity contribution >= 4 is 22.9 Å².